The quantitative estimate of drug-likeness (QED) is 0.114. The first-order valence-electron chi connectivity index (χ1n) is 13.0. The Bertz CT molecular complexity index is 695. The maximum Gasteiger partial charge on any atom is 0.158 e. The molecule has 4 heteroatoms. The van der Waals surface area contributed by atoms with Crippen molar-refractivity contribution in [3.05, 3.63) is 35.2 Å². The van der Waals surface area contributed by atoms with Gasteiger partial charge in [-0.05, 0) is 79.1 Å². The lowest BCUT2D eigenvalue weighted by atomic mass is 10.1. The topological polar surface area (TPSA) is 18.5 Å². The Morgan fingerprint density at radius 3 is 2.15 bits per heavy atom. The second-order valence-electron chi connectivity index (χ2n) is 10.9. The summed E-state index contributed by atoms with van der Waals surface area (Å²) in [6.45, 7) is 15.5. The van der Waals surface area contributed by atoms with Crippen molar-refractivity contribution in [3.63, 3.8) is 0 Å². The van der Waals surface area contributed by atoms with Gasteiger partial charge in [0.25, 0.3) is 0 Å². The number of halogens is 1. The van der Waals surface area contributed by atoms with Gasteiger partial charge < -0.3 is 9.47 Å². The fourth-order valence-corrected chi connectivity index (χ4v) is 4.49. The van der Waals surface area contributed by atoms with E-state index in [9.17, 15) is 4.39 Å². The molecule has 1 saturated heterocycles. The van der Waals surface area contributed by atoms with Crippen LogP contribution in [-0.4, -0.2) is 26.6 Å². The Morgan fingerprint density at radius 2 is 1.48 bits per heavy atom. The maximum atomic E-state index is 14.1. The van der Waals surface area contributed by atoms with Crippen LogP contribution in [0.4, 0.5) is 4.39 Å². The van der Waals surface area contributed by atoms with Crippen molar-refractivity contribution in [1.29, 1.82) is 0 Å². The van der Waals surface area contributed by atoms with Gasteiger partial charge in [0.15, 0.2) is 6.29 Å². The van der Waals surface area contributed by atoms with Crippen LogP contribution in [0.1, 0.15) is 91.9 Å². The van der Waals surface area contributed by atoms with E-state index in [4.69, 9.17) is 9.47 Å². The lowest BCUT2D eigenvalue weighted by Crippen LogP contribution is -2.35. The molecule has 1 fully saturated rings. The van der Waals surface area contributed by atoms with Crippen LogP contribution < -0.4 is 0 Å². The molecule has 2 nitrogen and oxygen atoms in total. The van der Waals surface area contributed by atoms with Crippen molar-refractivity contribution in [2.24, 2.45) is 0 Å². The van der Waals surface area contributed by atoms with Gasteiger partial charge in [0.05, 0.1) is 26.1 Å². The molecule has 1 aliphatic heterocycles. The normalized spacial score (nSPS) is 22.8. The summed E-state index contributed by atoms with van der Waals surface area (Å²) in [6.07, 6.45) is 15.5. The van der Waals surface area contributed by atoms with Crippen molar-refractivity contribution in [2.75, 3.05) is 0 Å². The average molecular weight is 477 g/mol. The van der Waals surface area contributed by atoms with Crippen LogP contribution in [0.3, 0.4) is 0 Å². The van der Waals surface area contributed by atoms with Crippen LogP contribution >= 0.6 is 0 Å². The van der Waals surface area contributed by atoms with E-state index in [1.807, 2.05) is 0 Å². The van der Waals surface area contributed by atoms with E-state index in [0.717, 1.165) is 63.8 Å². The minimum atomic E-state index is -1.04. The summed E-state index contributed by atoms with van der Waals surface area (Å²) in [4.78, 5) is 0. The fraction of sp³-hybridized carbons (Fsp3) is 0.724. The summed E-state index contributed by atoms with van der Waals surface area (Å²) in [5, 5.41) is 0. The zero-order valence-electron chi connectivity index (χ0n) is 22.4. The molecule has 0 spiro atoms. The van der Waals surface area contributed by atoms with Gasteiger partial charge in [0.2, 0.25) is 0 Å². The van der Waals surface area contributed by atoms with Crippen molar-refractivity contribution in [2.45, 2.75) is 136 Å². The van der Waals surface area contributed by atoms with Gasteiger partial charge in [-0.3, -0.25) is 0 Å². The molecule has 0 saturated carbocycles. The molecule has 188 valence electrons. The predicted molar refractivity (Wildman–Crippen MR) is 144 cm³/mol. The molecule has 1 heterocycles. The zero-order valence-corrected chi connectivity index (χ0v) is 23.4. The molecule has 0 aromatic rings. The Hall–Kier alpha value is -1.15. The number of hydrogen-bond donors (Lipinski definition) is 0. The zero-order chi connectivity index (χ0) is 24.7. The Labute approximate surface area is 205 Å². The highest BCUT2D eigenvalue weighted by Gasteiger charge is 2.24. The van der Waals surface area contributed by atoms with Crippen molar-refractivity contribution in [1.82, 2.24) is 0 Å². The Balaban J connectivity index is 2.16. The van der Waals surface area contributed by atoms with Gasteiger partial charge >= 0.3 is 0 Å². The number of unbranched alkanes of at least 4 members (excludes halogenated alkanes) is 1. The lowest BCUT2D eigenvalue weighted by Gasteiger charge is -2.32. The predicted octanol–water partition coefficient (Wildman–Crippen LogP) is 9.12. The third-order valence-electron chi connectivity index (χ3n) is 5.73. The average Bonchev–Trinajstić information content (AvgIpc) is 2.69. The molecule has 0 N–H and O–H groups in total. The minimum Gasteiger partial charge on any atom is -0.350 e. The molecule has 0 unspecified atom stereocenters. The highest BCUT2D eigenvalue weighted by molar-refractivity contribution is 6.76. The first-order chi connectivity index (χ1) is 15.5. The van der Waals surface area contributed by atoms with Gasteiger partial charge in [-0.15, -0.1) is 11.8 Å². The first-order valence-corrected chi connectivity index (χ1v) is 16.7. The smallest absolute Gasteiger partial charge is 0.158 e. The molecule has 1 rings (SSSR count). The van der Waals surface area contributed by atoms with Gasteiger partial charge in [0, 0.05) is 18.9 Å². The van der Waals surface area contributed by atoms with Crippen molar-refractivity contribution < 1.29 is 13.9 Å². The van der Waals surface area contributed by atoms with Crippen LogP contribution in [0.15, 0.2) is 35.2 Å². The van der Waals surface area contributed by atoms with E-state index < -0.39 is 8.07 Å². The molecule has 2 atom stereocenters. The van der Waals surface area contributed by atoms with Crippen LogP contribution in [0.5, 0.6) is 0 Å². The molecule has 33 heavy (non-hydrogen) atoms. The van der Waals surface area contributed by atoms with Crippen LogP contribution in [0.2, 0.25) is 25.7 Å². The molecule has 0 bridgehead atoms. The third-order valence-corrected chi connectivity index (χ3v) is 6.97. The number of rotatable bonds is 13. The molecule has 0 aromatic heterocycles. The van der Waals surface area contributed by atoms with Crippen LogP contribution in [-0.2, 0) is 9.47 Å². The Kier molecular flexibility index (Phi) is 14.9. The molecular formula is C29H49FO2Si. The summed E-state index contributed by atoms with van der Waals surface area (Å²) < 4.78 is 25.8. The molecule has 0 radical (unpaired) electrons. The van der Waals surface area contributed by atoms with Crippen molar-refractivity contribution >= 4 is 8.07 Å². The largest absolute Gasteiger partial charge is 0.350 e. The van der Waals surface area contributed by atoms with E-state index in [2.05, 4.69) is 71.3 Å². The highest BCUT2D eigenvalue weighted by Crippen LogP contribution is 2.22. The van der Waals surface area contributed by atoms with E-state index in [-0.39, 0.29) is 24.3 Å². The van der Waals surface area contributed by atoms with E-state index in [1.54, 1.807) is 6.08 Å². The molecule has 0 amide bonds. The molecule has 1 aliphatic rings. The summed E-state index contributed by atoms with van der Waals surface area (Å²) >= 11 is 0. The molecule has 0 aliphatic carbocycles. The van der Waals surface area contributed by atoms with E-state index in [1.165, 1.54) is 11.1 Å². The van der Waals surface area contributed by atoms with Gasteiger partial charge in [0.1, 0.15) is 0 Å². The van der Waals surface area contributed by atoms with Crippen LogP contribution in [0, 0.1) is 11.8 Å². The standard InChI is InChI=1S/C29H49FO2Si/c1-24(15-10-8-9-11-22-33(5,6)7)16-12-19-28(30)20-13-17-25(2)18-14-21-29-31-26(3)23-27(4)32-29/h15,17,19,26-27,29H,8,10,12-14,16,18,20-23H2,1-7H3/b24-15+,25-17+,28-19-/t26-,27-/m0/s1. The summed E-state index contributed by atoms with van der Waals surface area (Å²) in [7, 11) is -1.04. The van der Waals surface area contributed by atoms with E-state index >= 15 is 0 Å². The minimum absolute atomic E-state index is 0.0102. The lowest BCUT2D eigenvalue weighted by molar-refractivity contribution is -0.236. The first kappa shape index (κ1) is 29.9. The highest BCUT2D eigenvalue weighted by atomic mass is 28.3. The second kappa shape index (κ2) is 16.5. The number of hydrogen-bond acceptors (Lipinski definition) is 2. The number of allylic oxidation sites excluding steroid dienone is 6. The van der Waals surface area contributed by atoms with Gasteiger partial charge in [-0.1, -0.05) is 49.0 Å². The van der Waals surface area contributed by atoms with Gasteiger partial charge in [-0.25, -0.2) is 4.39 Å². The fourth-order valence-electron chi connectivity index (χ4n) is 3.84. The maximum absolute atomic E-state index is 14.1. The number of ether oxygens (including phenoxy) is 2. The third kappa shape index (κ3) is 17.0. The monoisotopic (exact) mass is 476 g/mol. The van der Waals surface area contributed by atoms with Gasteiger partial charge in [-0.2, -0.15) is 0 Å². The SMILES string of the molecule is C/C(=C\CCC#CC[Si](C)(C)C)CC/C=C(\F)CC/C=C(\C)CCCC1O[C@@H](C)C[C@H](C)O1. The summed E-state index contributed by atoms with van der Waals surface area (Å²) in [5.74, 6) is 6.62. The molecular weight excluding hydrogens is 427 g/mol. The van der Waals surface area contributed by atoms with E-state index in [0.29, 0.717) is 6.42 Å². The second-order valence-corrected chi connectivity index (χ2v) is 16.4. The Morgan fingerprint density at radius 1 is 0.879 bits per heavy atom. The summed E-state index contributed by atoms with van der Waals surface area (Å²) in [5.41, 5.74) is 2.66. The van der Waals surface area contributed by atoms with Crippen LogP contribution in [0.25, 0.3) is 0 Å². The molecule has 0 aromatic carbocycles. The summed E-state index contributed by atoms with van der Waals surface area (Å²) in [6, 6.07) is 1.08. The van der Waals surface area contributed by atoms with Crippen molar-refractivity contribution in [3.8, 4) is 11.8 Å².